The van der Waals surface area contributed by atoms with Gasteiger partial charge in [-0.15, -0.1) is 0 Å². The Labute approximate surface area is 92.3 Å². The summed E-state index contributed by atoms with van der Waals surface area (Å²) in [4.78, 5) is 11.0. The normalized spacial score (nSPS) is 14.3. The molecule has 0 aliphatic rings. The number of esters is 1. The number of halogens is 1. The average molecular weight is 228 g/mol. The second-order valence-corrected chi connectivity index (χ2v) is 3.38. The predicted molar refractivity (Wildman–Crippen MR) is 54.1 cm³/mol. The zero-order chi connectivity index (χ0) is 12.3. The van der Waals surface area contributed by atoms with Gasteiger partial charge in [-0.1, -0.05) is 12.1 Å². The highest BCUT2D eigenvalue weighted by atomic mass is 19.1. The summed E-state index contributed by atoms with van der Waals surface area (Å²) in [6, 6.07) is 4.20. The molecule has 0 heterocycles. The summed E-state index contributed by atoms with van der Waals surface area (Å²) in [6.45, 7) is 1.58. The van der Waals surface area contributed by atoms with Crippen molar-refractivity contribution in [3.63, 3.8) is 0 Å². The Morgan fingerprint density at radius 2 is 2.06 bits per heavy atom. The first-order valence-electron chi connectivity index (χ1n) is 4.68. The van der Waals surface area contributed by atoms with E-state index in [0.29, 0.717) is 5.56 Å². The molecule has 1 rings (SSSR count). The standard InChI is InChI=1S/C11H13FO4/c1-6-4-3-5-7(12)8(6)9(13)10(14)11(15)16-2/h3-5,9-10,13-14H,1-2H3. The van der Waals surface area contributed by atoms with E-state index in [4.69, 9.17) is 0 Å². The quantitative estimate of drug-likeness (QED) is 0.747. The molecule has 2 atom stereocenters. The maximum absolute atomic E-state index is 13.4. The van der Waals surface area contributed by atoms with E-state index in [1.54, 1.807) is 13.0 Å². The van der Waals surface area contributed by atoms with Gasteiger partial charge in [-0.2, -0.15) is 0 Å². The molecule has 0 bridgehead atoms. The van der Waals surface area contributed by atoms with E-state index in [2.05, 4.69) is 4.74 Å². The molecule has 16 heavy (non-hydrogen) atoms. The van der Waals surface area contributed by atoms with Gasteiger partial charge in [0.15, 0.2) is 6.10 Å². The van der Waals surface area contributed by atoms with E-state index in [1.807, 2.05) is 0 Å². The van der Waals surface area contributed by atoms with Gasteiger partial charge in [0, 0.05) is 5.56 Å². The summed E-state index contributed by atoms with van der Waals surface area (Å²) < 4.78 is 17.7. The van der Waals surface area contributed by atoms with E-state index < -0.39 is 24.0 Å². The lowest BCUT2D eigenvalue weighted by Crippen LogP contribution is -2.30. The predicted octanol–water partition coefficient (Wildman–Crippen LogP) is 0.701. The van der Waals surface area contributed by atoms with Crippen LogP contribution in [0.1, 0.15) is 17.2 Å². The van der Waals surface area contributed by atoms with Crippen LogP contribution < -0.4 is 0 Å². The van der Waals surface area contributed by atoms with Crippen LogP contribution in [0.25, 0.3) is 0 Å². The molecule has 4 nitrogen and oxygen atoms in total. The number of benzene rings is 1. The number of rotatable bonds is 3. The van der Waals surface area contributed by atoms with E-state index in [9.17, 15) is 19.4 Å². The van der Waals surface area contributed by atoms with Crippen molar-refractivity contribution in [3.8, 4) is 0 Å². The highest BCUT2D eigenvalue weighted by Gasteiger charge is 2.29. The maximum Gasteiger partial charge on any atom is 0.337 e. The summed E-state index contributed by atoms with van der Waals surface area (Å²) in [7, 11) is 1.08. The summed E-state index contributed by atoms with van der Waals surface area (Å²) in [6.07, 6.45) is -3.42. The van der Waals surface area contributed by atoms with Crippen molar-refractivity contribution in [2.75, 3.05) is 7.11 Å². The molecule has 0 saturated heterocycles. The fraction of sp³-hybridized carbons (Fsp3) is 0.364. The van der Waals surface area contributed by atoms with Crippen molar-refractivity contribution in [1.82, 2.24) is 0 Å². The summed E-state index contributed by atoms with van der Waals surface area (Å²) >= 11 is 0. The van der Waals surface area contributed by atoms with Crippen LogP contribution in [0, 0.1) is 12.7 Å². The highest BCUT2D eigenvalue weighted by Crippen LogP contribution is 2.24. The second-order valence-electron chi connectivity index (χ2n) is 3.38. The van der Waals surface area contributed by atoms with Crippen molar-refractivity contribution >= 4 is 5.97 Å². The summed E-state index contributed by atoms with van der Waals surface area (Å²) in [5, 5.41) is 19.1. The van der Waals surface area contributed by atoms with Crippen LogP contribution in [-0.2, 0) is 9.53 Å². The molecule has 0 saturated carbocycles. The summed E-state index contributed by atoms with van der Waals surface area (Å²) in [5.74, 6) is -1.68. The number of methoxy groups -OCH3 is 1. The first kappa shape index (κ1) is 12.6. The smallest absolute Gasteiger partial charge is 0.337 e. The Bertz CT molecular complexity index is 371. The average Bonchev–Trinajstić information content (AvgIpc) is 2.26. The molecule has 0 spiro atoms. The monoisotopic (exact) mass is 228 g/mol. The number of aryl methyl sites for hydroxylation is 1. The van der Waals surface area contributed by atoms with E-state index in [1.165, 1.54) is 6.07 Å². The zero-order valence-electron chi connectivity index (χ0n) is 8.98. The number of hydrogen-bond donors (Lipinski definition) is 2. The Morgan fingerprint density at radius 1 is 1.44 bits per heavy atom. The van der Waals surface area contributed by atoms with Crippen molar-refractivity contribution < 1.29 is 24.1 Å². The Balaban J connectivity index is 3.04. The number of ether oxygens (including phenoxy) is 1. The molecule has 88 valence electrons. The van der Waals surface area contributed by atoms with Crippen LogP contribution >= 0.6 is 0 Å². The van der Waals surface area contributed by atoms with Gasteiger partial charge in [0.1, 0.15) is 11.9 Å². The van der Waals surface area contributed by atoms with Crippen LogP contribution in [-0.4, -0.2) is 29.4 Å². The number of aliphatic hydroxyl groups excluding tert-OH is 2. The molecule has 0 amide bonds. The molecule has 1 aromatic carbocycles. The van der Waals surface area contributed by atoms with E-state index in [0.717, 1.165) is 13.2 Å². The molecule has 0 aliphatic heterocycles. The largest absolute Gasteiger partial charge is 0.467 e. The zero-order valence-corrected chi connectivity index (χ0v) is 8.98. The van der Waals surface area contributed by atoms with Crippen LogP contribution in [0.15, 0.2) is 18.2 Å². The molecule has 0 radical (unpaired) electrons. The molecular formula is C11H13FO4. The number of aliphatic hydroxyl groups is 2. The third-order valence-electron chi connectivity index (χ3n) is 2.31. The van der Waals surface area contributed by atoms with Crippen LogP contribution in [0.2, 0.25) is 0 Å². The SMILES string of the molecule is COC(=O)C(O)C(O)c1c(C)cccc1F. The molecule has 0 aliphatic carbocycles. The first-order valence-corrected chi connectivity index (χ1v) is 4.68. The lowest BCUT2D eigenvalue weighted by atomic mass is 9.99. The fourth-order valence-electron chi connectivity index (χ4n) is 1.43. The van der Waals surface area contributed by atoms with Gasteiger partial charge < -0.3 is 14.9 Å². The highest BCUT2D eigenvalue weighted by molar-refractivity contribution is 5.75. The third kappa shape index (κ3) is 2.37. The number of hydrogen-bond acceptors (Lipinski definition) is 4. The van der Waals surface area contributed by atoms with Gasteiger partial charge in [-0.3, -0.25) is 0 Å². The van der Waals surface area contributed by atoms with Crippen LogP contribution in [0.5, 0.6) is 0 Å². The molecule has 2 N–H and O–H groups in total. The second kappa shape index (κ2) is 5.05. The van der Waals surface area contributed by atoms with Gasteiger partial charge in [0.05, 0.1) is 7.11 Å². The lowest BCUT2D eigenvalue weighted by molar-refractivity contribution is -0.156. The molecule has 0 aromatic heterocycles. The third-order valence-corrected chi connectivity index (χ3v) is 2.31. The van der Waals surface area contributed by atoms with Crippen molar-refractivity contribution in [2.45, 2.75) is 19.1 Å². The molecule has 5 heteroatoms. The minimum atomic E-state index is -1.79. The van der Waals surface area contributed by atoms with Gasteiger partial charge >= 0.3 is 5.97 Å². The molecular weight excluding hydrogens is 215 g/mol. The Morgan fingerprint density at radius 3 is 2.56 bits per heavy atom. The van der Waals surface area contributed by atoms with Gasteiger partial charge in [0.2, 0.25) is 0 Å². The summed E-state index contributed by atoms with van der Waals surface area (Å²) in [5.41, 5.74) is 0.357. The minimum absolute atomic E-state index is 0.0969. The Hall–Kier alpha value is -1.46. The van der Waals surface area contributed by atoms with Gasteiger partial charge in [0.25, 0.3) is 0 Å². The topological polar surface area (TPSA) is 66.8 Å². The van der Waals surface area contributed by atoms with Crippen molar-refractivity contribution in [1.29, 1.82) is 0 Å². The van der Waals surface area contributed by atoms with Gasteiger partial charge in [-0.05, 0) is 18.6 Å². The van der Waals surface area contributed by atoms with Crippen molar-refractivity contribution in [2.24, 2.45) is 0 Å². The van der Waals surface area contributed by atoms with Crippen LogP contribution in [0.3, 0.4) is 0 Å². The minimum Gasteiger partial charge on any atom is -0.467 e. The Kier molecular flexibility index (Phi) is 3.98. The fourth-order valence-corrected chi connectivity index (χ4v) is 1.43. The molecule has 1 aromatic rings. The van der Waals surface area contributed by atoms with Gasteiger partial charge in [-0.25, -0.2) is 9.18 Å². The first-order chi connectivity index (χ1) is 7.49. The van der Waals surface area contributed by atoms with E-state index in [-0.39, 0.29) is 5.56 Å². The van der Waals surface area contributed by atoms with Crippen molar-refractivity contribution in [3.05, 3.63) is 35.1 Å². The lowest BCUT2D eigenvalue weighted by Gasteiger charge is -2.18. The molecule has 2 unspecified atom stereocenters. The van der Waals surface area contributed by atoms with Crippen LogP contribution in [0.4, 0.5) is 4.39 Å². The number of carbonyl (C=O) groups excluding carboxylic acids is 1. The molecule has 0 fully saturated rings. The van der Waals surface area contributed by atoms with E-state index >= 15 is 0 Å². The maximum atomic E-state index is 13.4. The number of carbonyl (C=O) groups is 1.